The summed E-state index contributed by atoms with van der Waals surface area (Å²) in [7, 11) is 0. The Kier molecular flexibility index (Phi) is 1.38. The summed E-state index contributed by atoms with van der Waals surface area (Å²) in [6.07, 6.45) is 5.04. The fourth-order valence-electron chi connectivity index (χ4n) is 0.652. The molecule has 2 atom stereocenters. The molecule has 9 heavy (non-hydrogen) atoms. The van der Waals surface area contributed by atoms with Crippen molar-refractivity contribution in [1.82, 2.24) is 0 Å². The van der Waals surface area contributed by atoms with Gasteiger partial charge in [-0.1, -0.05) is 6.08 Å². The van der Waals surface area contributed by atoms with Crippen molar-refractivity contribution in [2.45, 2.75) is 18.6 Å². The lowest BCUT2D eigenvalue weighted by Crippen LogP contribution is -2.51. The van der Waals surface area contributed by atoms with Gasteiger partial charge in [-0.15, -0.1) is 0 Å². The molecule has 1 rings (SSSR count). The van der Waals surface area contributed by atoms with Crippen molar-refractivity contribution in [1.29, 1.82) is 0 Å². The van der Waals surface area contributed by atoms with E-state index in [1.807, 2.05) is 19.1 Å². The molecule has 0 aliphatic carbocycles. The molecule has 0 spiro atoms. The van der Waals surface area contributed by atoms with Crippen LogP contribution < -0.4 is 11.5 Å². The Bertz CT molecular complexity index is 158. The van der Waals surface area contributed by atoms with Crippen molar-refractivity contribution in [3.63, 3.8) is 0 Å². The van der Waals surface area contributed by atoms with Crippen molar-refractivity contribution in [3.8, 4) is 0 Å². The zero-order valence-electron chi connectivity index (χ0n) is 5.41. The minimum absolute atomic E-state index is 0.289. The largest absolute Gasteiger partial charge is 0.319 e. The molecule has 1 aliphatic rings. The number of aliphatic imine (C=N–C) groups is 1. The van der Waals surface area contributed by atoms with Crippen LogP contribution in [-0.2, 0) is 0 Å². The molecule has 0 bridgehead atoms. The van der Waals surface area contributed by atoms with E-state index in [0.717, 1.165) is 0 Å². The van der Waals surface area contributed by atoms with Crippen LogP contribution in [0, 0.1) is 0 Å². The van der Waals surface area contributed by atoms with Crippen LogP contribution in [0.4, 0.5) is 0 Å². The van der Waals surface area contributed by atoms with Crippen LogP contribution in [0.2, 0.25) is 0 Å². The first-order valence-electron chi connectivity index (χ1n) is 2.88. The van der Waals surface area contributed by atoms with Gasteiger partial charge in [-0.2, -0.15) is 0 Å². The van der Waals surface area contributed by atoms with Gasteiger partial charge >= 0.3 is 0 Å². The first kappa shape index (κ1) is 6.45. The van der Waals surface area contributed by atoms with Crippen molar-refractivity contribution in [3.05, 3.63) is 12.2 Å². The molecular weight excluding hydrogens is 114 g/mol. The summed E-state index contributed by atoms with van der Waals surface area (Å²) in [4.78, 5) is 3.92. The third kappa shape index (κ3) is 1.17. The third-order valence-electron chi connectivity index (χ3n) is 1.43. The van der Waals surface area contributed by atoms with Gasteiger partial charge in [-0.05, 0) is 13.0 Å². The van der Waals surface area contributed by atoms with Gasteiger partial charge in [0.05, 0.1) is 5.54 Å². The monoisotopic (exact) mass is 125 g/mol. The maximum atomic E-state index is 5.70. The predicted molar refractivity (Wildman–Crippen MR) is 38.2 cm³/mol. The molecule has 0 fully saturated rings. The Hall–Kier alpha value is -0.670. The van der Waals surface area contributed by atoms with Crippen molar-refractivity contribution in [2.24, 2.45) is 16.5 Å². The molecule has 1 aliphatic heterocycles. The summed E-state index contributed by atoms with van der Waals surface area (Å²) >= 11 is 0. The lowest BCUT2D eigenvalue weighted by Gasteiger charge is -2.26. The predicted octanol–water partition coefficient (Wildman–Crippen LogP) is -0.371. The highest BCUT2D eigenvalue weighted by Crippen LogP contribution is 2.09. The maximum absolute atomic E-state index is 5.70. The molecule has 0 saturated heterocycles. The summed E-state index contributed by atoms with van der Waals surface area (Å²) in [5, 5.41) is 0. The summed E-state index contributed by atoms with van der Waals surface area (Å²) < 4.78 is 0. The Labute approximate surface area is 54.4 Å². The summed E-state index contributed by atoms with van der Waals surface area (Å²) in [5.74, 6) is 0. The second kappa shape index (κ2) is 1.93. The highest BCUT2D eigenvalue weighted by molar-refractivity contribution is 5.73. The Morgan fingerprint density at radius 2 is 2.33 bits per heavy atom. The van der Waals surface area contributed by atoms with Gasteiger partial charge in [-0.3, -0.25) is 4.99 Å². The highest BCUT2D eigenvalue weighted by atomic mass is 15.0. The lowest BCUT2D eigenvalue weighted by atomic mass is 9.98. The fraction of sp³-hybridized carbons (Fsp3) is 0.500. The van der Waals surface area contributed by atoms with E-state index in [-0.39, 0.29) is 6.17 Å². The Balaban J connectivity index is 2.78. The summed E-state index contributed by atoms with van der Waals surface area (Å²) in [5.41, 5.74) is 10.8. The number of hydrogen-bond acceptors (Lipinski definition) is 3. The molecule has 3 nitrogen and oxygen atoms in total. The van der Waals surface area contributed by atoms with Gasteiger partial charge in [0.1, 0.15) is 6.17 Å². The van der Waals surface area contributed by atoms with E-state index in [1.54, 1.807) is 6.21 Å². The maximum Gasteiger partial charge on any atom is 0.118 e. The molecule has 0 saturated carbocycles. The van der Waals surface area contributed by atoms with Crippen LogP contribution in [0.15, 0.2) is 17.1 Å². The molecule has 1 heterocycles. The van der Waals surface area contributed by atoms with Crippen LogP contribution in [0.1, 0.15) is 6.92 Å². The van der Waals surface area contributed by atoms with Crippen molar-refractivity contribution >= 4 is 6.21 Å². The second-order valence-corrected chi connectivity index (χ2v) is 2.47. The molecule has 0 aromatic heterocycles. The second-order valence-electron chi connectivity index (χ2n) is 2.47. The zero-order chi connectivity index (χ0) is 6.91. The summed E-state index contributed by atoms with van der Waals surface area (Å²) in [6.45, 7) is 1.85. The number of nitrogens with two attached hydrogens (primary N) is 2. The van der Waals surface area contributed by atoms with E-state index in [0.29, 0.717) is 0 Å². The number of dihydropyridines is 1. The van der Waals surface area contributed by atoms with E-state index in [9.17, 15) is 0 Å². The van der Waals surface area contributed by atoms with E-state index in [1.165, 1.54) is 0 Å². The van der Waals surface area contributed by atoms with Crippen LogP contribution in [0.5, 0.6) is 0 Å². The van der Waals surface area contributed by atoms with E-state index in [2.05, 4.69) is 4.99 Å². The lowest BCUT2D eigenvalue weighted by molar-refractivity contribution is 0.467. The number of nitrogens with zero attached hydrogens (tertiary/aromatic N) is 1. The molecular formula is C6H11N3. The van der Waals surface area contributed by atoms with Gasteiger partial charge in [0.25, 0.3) is 0 Å². The Morgan fingerprint density at radius 3 is 2.67 bits per heavy atom. The van der Waals surface area contributed by atoms with Gasteiger partial charge in [0, 0.05) is 6.21 Å². The number of rotatable bonds is 0. The third-order valence-corrected chi connectivity index (χ3v) is 1.43. The first-order chi connectivity index (χ1) is 4.13. The number of hydrogen-bond donors (Lipinski definition) is 2. The van der Waals surface area contributed by atoms with Crippen LogP contribution in [-0.4, -0.2) is 17.9 Å². The SMILES string of the molecule is CC1(N)C=CC=NC1N. The molecule has 3 heteroatoms. The smallest absolute Gasteiger partial charge is 0.118 e. The zero-order valence-corrected chi connectivity index (χ0v) is 5.41. The van der Waals surface area contributed by atoms with E-state index in [4.69, 9.17) is 11.5 Å². The number of allylic oxidation sites excluding steroid dienone is 1. The standard InChI is InChI=1S/C6H11N3/c1-6(8)3-2-4-9-5(6)7/h2-5H,7-8H2,1H3. The van der Waals surface area contributed by atoms with Gasteiger partial charge < -0.3 is 11.5 Å². The van der Waals surface area contributed by atoms with Crippen LogP contribution >= 0.6 is 0 Å². The van der Waals surface area contributed by atoms with E-state index < -0.39 is 5.54 Å². The molecule has 0 radical (unpaired) electrons. The highest BCUT2D eigenvalue weighted by Gasteiger charge is 2.24. The van der Waals surface area contributed by atoms with Crippen molar-refractivity contribution in [2.75, 3.05) is 0 Å². The average Bonchev–Trinajstić information content (AvgIpc) is 1.77. The quantitative estimate of drug-likeness (QED) is 0.464. The minimum atomic E-state index is -0.464. The topological polar surface area (TPSA) is 64.4 Å². The normalized spacial score (nSPS) is 41.4. The first-order valence-corrected chi connectivity index (χ1v) is 2.88. The molecule has 0 amide bonds. The van der Waals surface area contributed by atoms with Gasteiger partial charge in [0.2, 0.25) is 0 Å². The molecule has 4 N–H and O–H groups in total. The van der Waals surface area contributed by atoms with Gasteiger partial charge in [0.15, 0.2) is 0 Å². The van der Waals surface area contributed by atoms with Gasteiger partial charge in [-0.25, -0.2) is 0 Å². The van der Waals surface area contributed by atoms with Crippen LogP contribution in [0.3, 0.4) is 0 Å². The molecule has 50 valence electrons. The minimum Gasteiger partial charge on any atom is -0.319 e. The Morgan fingerprint density at radius 1 is 1.67 bits per heavy atom. The molecule has 0 aromatic rings. The molecule has 2 unspecified atom stereocenters. The van der Waals surface area contributed by atoms with E-state index >= 15 is 0 Å². The molecule has 0 aromatic carbocycles. The summed E-state index contributed by atoms with van der Waals surface area (Å²) in [6, 6.07) is 0. The van der Waals surface area contributed by atoms with Crippen LogP contribution in [0.25, 0.3) is 0 Å². The average molecular weight is 125 g/mol. The fourth-order valence-corrected chi connectivity index (χ4v) is 0.652. The van der Waals surface area contributed by atoms with Crippen molar-refractivity contribution < 1.29 is 0 Å².